The van der Waals surface area contributed by atoms with Crippen molar-refractivity contribution in [3.63, 3.8) is 0 Å². The SMILES string of the molecule is CCOc1ccccc1NC(=O)Nc1ccc(N2CCC(OC)C2)cc1. The van der Waals surface area contributed by atoms with Crippen LogP contribution >= 0.6 is 0 Å². The number of rotatable bonds is 6. The first-order valence-electron chi connectivity index (χ1n) is 8.87. The molecule has 0 aliphatic carbocycles. The number of benzene rings is 2. The van der Waals surface area contributed by atoms with Crippen LogP contribution in [0.2, 0.25) is 0 Å². The van der Waals surface area contributed by atoms with E-state index in [1.807, 2.05) is 55.5 Å². The van der Waals surface area contributed by atoms with Crippen molar-refractivity contribution < 1.29 is 14.3 Å². The summed E-state index contributed by atoms with van der Waals surface area (Å²) in [5.74, 6) is 0.655. The number of anilines is 3. The van der Waals surface area contributed by atoms with Gasteiger partial charge in [-0.15, -0.1) is 0 Å². The predicted molar refractivity (Wildman–Crippen MR) is 104 cm³/mol. The van der Waals surface area contributed by atoms with Crippen LogP contribution in [0.15, 0.2) is 48.5 Å². The van der Waals surface area contributed by atoms with Crippen LogP contribution in [0.25, 0.3) is 0 Å². The zero-order valence-electron chi connectivity index (χ0n) is 15.2. The van der Waals surface area contributed by atoms with Crippen LogP contribution in [0.1, 0.15) is 13.3 Å². The highest BCUT2D eigenvalue weighted by Crippen LogP contribution is 2.25. The topological polar surface area (TPSA) is 62.8 Å². The van der Waals surface area contributed by atoms with Gasteiger partial charge in [-0.1, -0.05) is 12.1 Å². The van der Waals surface area contributed by atoms with Crippen molar-refractivity contribution in [2.45, 2.75) is 19.4 Å². The van der Waals surface area contributed by atoms with Gasteiger partial charge in [0.25, 0.3) is 0 Å². The normalized spacial score (nSPS) is 16.4. The maximum Gasteiger partial charge on any atom is 0.323 e. The molecule has 26 heavy (non-hydrogen) atoms. The van der Waals surface area contributed by atoms with Gasteiger partial charge < -0.3 is 25.0 Å². The Bertz CT molecular complexity index is 733. The van der Waals surface area contributed by atoms with Crippen LogP contribution in [0, 0.1) is 0 Å². The summed E-state index contributed by atoms with van der Waals surface area (Å²) in [6.07, 6.45) is 1.34. The number of nitrogens with one attached hydrogen (secondary N) is 2. The molecule has 0 aromatic heterocycles. The van der Waals surface area contributed by atoms with E-state index < -0.39 is 0 Å². The summed E-state index contributed by atoms with van der Waals surface area (Å²) in [7, 11) is 1.75. The van der Waals surface area contributed by atoms with Gasteiger partial charge in [0.15, 0.2) is 0 Å². The number of ether oxygens (including phenoxy) is 2. The average Bonchev–Trinajstić information content (AvgIpc) is 3.13. The molecule has 1 fully saturated rings. The van der Waals surface area contributed by atoms with E-state index in [4.69, 9.17) is 9.47 Å². The molecule has 2 aromatic rings. The fraction of sp³-hybridized carbons (Fsp3) is 0.350. The largest absolute Gasteiger partial charge is 0.492 e. The molecule has 0 radical (unpaired) electrons. The molecule has 2 amide bonds. The fourth-order valence-electron chi connectivity index (χ4n) is 3.05. The van der Waals surface area contributed by atoms with E-state index in [-0.39, 0.29) is 6.03 Å². The lowest BCUT2D eigenvalue weighted by Crippen LogP contribution is -2.22. The van der Waals surface area contributed by atoms with Gasteiger partial charge in [0.1, 0.15) is 5.75 Å². The Balaban J connectivity index is 1.58. The molecule has 1 atom stereocenters. The van der Waals surface area contributed by atoms with Gasteiger partial charge in [0.05, 0.1) is 18.4 Å². The molecule has 0 saturated carbocycles. The minimum atomic E-state index is -0.300. The van der Waals surface area contributed by atoms with Gasteiger partial charge >= 0.3 is 6.03 Å². The highest BCUT2D eigenvalue weighted by Gasteiger charge is 2.22. The summed E-state index contributed by atoms with van der Waals surface area (Å²) < 4.78 is 10.9. The van der Waals surface area contributed by atoms with Gasteiger partial charge in [-0.3, -0.25) is 0 Å². The van der Waals surface area contributed by atoms with Crippen molar-refractivity contribution in [1.29, 1.82) is 0 Å². The Hall–Kier alpha value is -2.73. The van der Waals surface area contributed by atoms with Gasteiger partial charge in [-0.25, -0.2) is 4.79 Å². The molecule has 0 spiro atoms. The Morgan fingerprint density at radius 1 is 1.15 bits per heavy atom. The Morgan fingerprint density at radius 2 is 1.92 bits per heavy atom. The quantitative estimate of drug-likeness (QED) is 0.823. The Labute approximate surface area is 154 Å². The number of urea groups is 1. The molecule has 1 unspecified atom stereocenters. The minimum absolute atomic E-state index is 0.295. The van der Waals surface area contributed by atoms with E-state index in [1.54, 1.807) is 7.11 Å². The third-order valence-electron chi connectivity index (χ3n) is 4.40. The van der Waals surface area contributed by atoms with Crippen molar-refractivity contribution >= 4 is 23.1 Å². The predicted octanol–water partition coefficient (Wildman–Crippen LogP) is 3.95. The highest BCUT2D eigenvalue weighted by molar-refractivity contribution is 6.00. The molecule has 1 heterocycles. The van der Waals surface area contributed by atoms with E-state index in [1.165, 1.54) is 0 Å². The molecule has 3 rings (SSSR count). The van der Waals surface area contributed by atoms with E-state index in [9.17, 15) is 4.79 Å². The van der Waals surface area contributed by atoms with Crippen LogP contribution in [0.4, 0.5) is 21.9 Å². The molecule has 6 heteroatoms. The molecule has 138 valence electrons. The number of methoxy groups -OCH3 is 1. The number of nitrogens with zero attached hydrogens (tertiary/aromatic N) is 1. The van der Waals surface area contributed by atoms with Crippen LogP contribution in [0.3, 0.4) is 0 Å². The molecule has 6 nitrogen and oxygen atoms in total. The monoisotopic (exact) mass is 355 g/mol. The minimum Gasteiger partial charge on any atom is -0.492 e. The Kier molecular flexibility index (Phi) is 5.96. The second kappa shape index (κ2) is 8.58. The summed E-state index contributed by atoms with van der Waals surface area (Å²) in [4.78, 5) is 14.5. The lowest BCUT2D eigenvalue weighted by atomic mass is 10.2. The first-order valence-corrected chi connectivity index (χ1v) is 8.87. The zero-order chi connectivity index (χ0) is 18.4. The third-order valence-corrected chi connectivity index (χ3v) is 4.40. The summed E-state index contributed by atoms with van der Waals surface area (Å²) in [5, 5.41) is 5.67. The molecule has 1 aliphatic heterocycles. The lowest BCUT2D eigenvalue weighted by molar-refractivity contribution is 0.121. The van der Waals surface area contributed by atoms with E-state index in [0.717, 1.165) is 30.9 Å². The van der Waals surface area contributed by atoms with E-state index in [0.29, 0.717) is 24.1 Å². The first kappa shape index (κ1) is 18.1. The molecule has 2 N–H and O–H groups in total. The summed E-state index contributed by atoms with van der Waals surface area (Å²) >= 11 is 0. The number of carbonyl (C=O) groups excluding carboxylic acids is 1. The van der Waals surface area contributed by atoms with Crippen LogP contribution in [-0.2, 0) is 4.74 Å². The van der Waals surface area contributed by atoms with Crippen molar-refractivity contribution in [2.24, 2.45) is 0 Å². The second-order valence-corrected chi connectivity index (χ2v) is 6.15. The zero-order valence-corrected chi connectivity index (χ0v) is 15.2. The van der Waals surface area contributed by atoms with E-state index >= 15 is 0 Å². The molecular formula is C20H25N3O3. The second-order valence-electron chi connectivity index (χ2n) is 6.15. The molecule has 2 aromatic carbocycles. The molecular weight excluding hydrogens is 330 g/mol. The summed E-state index contributed by atoms with van der Waals surface area (Å²) in [5.41, 5.74) is 2.52. The number of hydrogen-bond acceptors (Lipinski definition) is 4. The number of para-hydroxylation sites is 2. The summed E-state index contributed by atoms with van der Waals surface area (Å²) in [6, 6.07) is 14.9. The van der Waals surface area contributed by atoms with Gasteiger partial charge in [0.2, 0.25) is 0 Å². The Morgan fingerprint density at radius 3 is 2.62 bits per heavy atom. The third kappa shape index (κ3) is 4.46. The number of hydrogen-bond donors (Lipinski definition) is 2. The van der Waals surface area contributed by atoms with Crippen molar-refractivity contribution in [3.05, 3.63) is 48.5 Å². The van der Waals surface area contributed by atoms with Gasteiger partial charge in [-0.2, -0.15) is 0 Å². The highest BCUT2D eigenvalue weighted by atomic mass is 16.5. The van der Waals surface area contributed by atoms with Gasteiger partial charge in [-0.05, 0) is 49.7 Å². The smallest absolute Gasteiger partial charge is 0.323 e. The van der Waals surface area contributed by atoms with Gasteiger partial charge in [0, 0.05) is 31.6 Å². The maximum absolute atomic E-state index is 12.3. The van der Waals surface area contributed by atoms with E-state index in [2.05, 4.69) is 15.5 Å². The summed E-state index contributed by atoms with van der Waals surface area (Å²) in [6.45, 7) is 4.34. The first-order chi connectivity index (χ1) is 12.7. The maximum atomic E-state index is 12.3. The van der Waals surface area contributed by atoms with Crippen LogP contribution < -0.4 is 20.3 Å². The van der Waals surface area contributed by atoms with Crippen molar-refractivity contribution in [3.8, 4) is 5.75 Å². The van der Waals surface area contributed by atoms with Crippen molar-refractivity contribution in [2.75, 3.05) is 42.3 Å². The lowest BCUT2D eigenvalue weighted by Gasteiger charge is -2.19. The number of amides is 2. The van der Waals surface area contributed by atoms with Crippen LogP contribution in [-0.4, -0.2) is 38.9 Å². The standard InChI is InChI=1S/C20H25N3O3/c1-3-26-19-7-5-4-6-18(19)22-20(24)21-15-8-10-16(11-9-15)23-13-12-17(14-23)25-2/h4-11,17H,3,12-14H2,1-2H3,(H2,21,22,24). The number of carbonyl (C=O) groups is 1. The van der Waals surface area contributed by atoms with Crippen molar-refractivity contribution in [1.82, 2.24) is 0 Å². The molecule has 0 bridgehead atoms. The average molecular weight is 355 g/mol. The molecule has 1 saturated heterocycles. The fourth-order valence-corrected chi connectivity index (χ4v) is 3.05. The molecule has 1 aliphatic rings. The van der Waals surface area contributed by atoms with Crippen LogP contribution in [0.5, 0.6) is 5.75 Å².